The Balaban J connectivity index is 2.98. The zero-order chi connectivity index (χ0) is 11.4. The predicted molar refractivity (Wildman–Crippen MR) is 69.3 cm³/mol. The van der Waals surface area contributed by atoms with E-state index in [0.29, 0.717) is 0 Å². The number of unbranched alkanes of at least 4 members (excludes halogenated alkanes) is 5. The van der Waals surface area contributed by atoms with Crippen LogP contribution in [0.5, 0.6) is 0 Å². The molecule has 0 aliphatic heterocycles. The van der Waals surface area contributed by atoms with Crippen LogP contribution in [0, 0.1) is 5.92 Å². The lowest BCUT2D eigenvalue weighted by molar-refractivity contribution is 0.465. The zero-order valence-electron chi connectivity index (χ0n) is 10.9. The molecule has 0 amide bonds. The molecular formula is C13H30N2. The fraction of sp³-hybridized carbons (Fsp3) is 1.00. The van der Waals surface area contributed by atoms with Crippen LogP contribution in [0.1, 0.15) is 51.9 Å². The standard InChI is InChI=1S/C13H30N2/c1-13(12-15-3)10-8-6-4-5-7-9-11-14-2/h13-15H,4-12H2,1-3H3. The second kappa shape index (κ2) is 12.0. The van der Waals surface area contributed by atoms with E-state index in [0.717, 1.165) is 5.92 Å². The van der Waals surface area contributed by atoms with Gasteiger partial charge in [0, 0.05) is 0 Å². The number of hydrogen-bond acceptors (Lipinski definition) is 2. The van der Waals surface area contributed by atoms with Crippen LogP contribution in [0.15, 0.2) is 0 Å². The number of hydrogen-bond donors (Lipinski definition) is 2. The SMILES string of the molecule is CNCCCCCCCCC(C)CNC. The highest BCUT2D eigenvalue weighted by molar-refractivity contribution is 4.55. The van der Waals surface area contributed by atoms with Crippen LogP contribution in [-0.4, -0.2) is 27.2 Å². The van der Waals surface area contributed by atoms with Gasteiger partial charge in [-0.15, -0.1) is 0 Å². The zero-order valence-corrected chi connectivity index (χ0v) is 10.9. The predicted octanol–water partition coefficient (Wildman–Crippen LogP) is 2.79. The maximum absolute atomic E-state index is 3.24. The summed E-state index contributed by atoms with van der Waals surface area (Å²) in [7, 11) is 4.07. The Morgan fingerprint density at radius 1 is 0.800 bits per heavy atom. The highest BCUT2D eigenvalue weighted by Gasteiger charge is 1.99. The average molecular weight is 214 g/mol. The van der Waals surface area contributed by atoms with E-state index in [1.807, 2.05) is 14.1 Å². The molecule has 0 aliphatic carbocycles. The summed E-state index contributed by atoms with van der Waals surface area (Å²) in [5.74, 6) is 0.847. The second-order valence-electron chi connectivity index (χ2n) is 4.68. The summed E-state index contributed by atoms with van der Waals surface area (Å²) in [5.41, 5.74) is 0. The van der Waals surface area contributed by atoms with E-state index in [4.69, 9.17) is 0 Å². The third-order valence-electron chi connectivity index (χ3n) is 2.93. The summed E-state index contributed by atoms with van der Waals surface area (Å²) in [6.07, 6.45) is 9.80. The van der Waals surface area contributed by atoms with Crippen molar-refractivity contribution in [1.82, 2.24) is 10.6 Å². The van der Waals surface area contributed by atoms with Crippen LogP contribution >= 0.6 is 0 Å². The van der Waals surface area contributed by atoms with Crippen LogP contribution in [0.25, 0.3) is 0 Å². The minimum absolute atomic E-state index is 0.847. The first-order valence-electron chi connectivity index (χ1n) is 6.60. The number of nitrogens with one attached hydrogen (secondary N) is 2. The van der Waals surface area contributed by atoms with Crippen molar-refractivity contribution in [2.45, 2.75) is 51.9 Å². The van der Waals surface area contributed by atoms with E-state index in [2.05, 4.69) is 17.6 Å². The van der Waals surface area contributed by atoms with Gasteiger partial charge < -0.3 is 10.6 Å². The summed E-state index contributed by atoms with van der Waals surface area (Å²) in [5, 5.41) is 6.43. The van der Waals surface area contributed by atoms with E-state index >= 15 is 0 Å². The average Bonchev–Trinajstić information content (AvgIpc) is 2.22. The lowest BCUT2D eigenvalue weighted by Gasteiger charge is -2.09. The highest BCUT2D eigenvalue weighted by atomic mass is 14.8. The first kappa shape index (κ1) is 14.9. The van der Waals surface area contributed by atoms with Gasteiger partial charge in [0.2, 0.25) is 0 Å². The van der Waals surface area contributed by atoms with Crippen molar-refractivity contribution in [3.05, 3.63) is 0 Å². The van der Waals surface area contributed by atoms with Crippen molar-refractivity contribution < 1.29 is 0 Å². The molecule has 0 spiro atoms. The molecule has 0 radical (unpaired) electrons. The lowest BCUT2D eigenvalue weighted by Crippen LogP contribution is -2.15. The number of rotatable bonds is 11. The maximum Gasteiger partial charge on any atom is -0.00262 e. The molecule has 1 atom stereocenters. The van der Waals surface area contributed by atoms with Crippen LogP contribution in [0.2, 0.25) is 0 Å². The molecule has 2 heteroatoms. The summed E-state index contributed by atoms with van der Waals surface area (Å²) in [6, 6.07) is 0. The monoisotopic (exact) mass is 214 g/mol. The molecule has 0 fully saturated rings. The quantitative estimate of drug-likeness (QED) is 0.517. The van der Waals surface area contributed by atoms with Gasteiger partial charge in [0.15, 0.2) is 0 Å². The van der Waals surface area contributed by atoms with E-state index in [1.165, 1.54) is 58.0 Å². The van der Waals surface area contributed by atoms with Gasteiger partial charge in [0.05, 0.1) is 0 Å². The van der Waals surface area contributed by atoms with Gasteiger partial charge in [-0.05, 0) is 45.9 Å². The van der Waals surface area contributed by atoms with E-state index in [9.17, 15) is 0 Å². The fourth-order valence-corrected chi connectivity index (χ4v) is 1.95. The van der Waals surface area contributed by atoms with Crippen LogP contribution in [-0.2, 0) is 0 Å². The van der Waals surface area contributed by atoms with Crippen LogP contribution < -0.4 is 10.6 Å². The Bertz CT molecular complexity index is 115. The molecule has 0 aromatic rings. The molecule has 0 saturated heterocycles. The molecule has 0 aromatic carbocycles. The van der Waals surface area contributed by atoms with Gasteiger partial charge in [-0.1, -0.05) is 39.0 Å². The van der Waals surface area contributed by atoms with Crippen LogP contribution in [0.3, 0.4) is 0 Å². The van der Waals surface area contributed by atoms with Gasteiger partial charge in [-0.25, -0.2) is 0 Å². The van der Waals surface area contributed by atoms with Gasteiger partial charge in [-0.2, -0.15) is 0 Å². The Kier molecular flexibility index (Phi) is 11.9. The van der Waals surface area contributed by atoms with Crippen molar-refractivity contribution in [1.29, 1.82) is 0 Å². The molecule has 2 N–H and O–H groups in total. The third kappa shape index (κ3) is 11.8. The normalized spacial score (nSPS) is 13.0. The molecule has 1 unspecified atom stereocenters. The van der Waals surface area contributed by atoms with Crippen molar-refractivity contribution in [3.63, 3.8) is 0 Å². The molecule has 2 nitrogen and oxygen atoms in total. The highest BCUT2D eigenvalue weighted by Crippen LogP contribution is 2.11. The fourth-order valence-electron chi connectivity index (χ4n) is 1.95. The first-order valence-corrected chi connectivity index (χ1v) is 6.60. The smallest absolute Gasteiger partial charge is 0.00262 e. The van der Waals surface area contributed by atoms with Gasteiger partial charge in [0.1, 0.15) is 0 Å². The summed E-state index contributed by atoms with van der Waals surface area (Å²) in [6.45, 7) is 4.69. The topological polar surface area (TPSA) is 24.1 Å². The van der Waals surface area contributed by atoms with E-state index in [-0.39, 0.29) is 0 Å². The Labute approximate surface area is 96.2 Å². The van der Waals surface area contributed by atoms with Crippen LogP contribution in [0.4, 0.5) is 0 Å². The molecule has 0 aromatic heterocycles. The summed E-state index contributed by atoms with van der Waals surface area (Å²) in [4.78, 5) is 0. The minimum atomic E-state index is 0.847. The van der Waals surface area contributed by atoms with Crippen molar-refractivity contribution >= 4 is 0 Å². The van der Waals surface area contributed by atoms with Gasteiger partial charge in [-0.3, -0.25) is 0 Å². The molecule has 92 valence electrons. The van der Waals surface area contributed by atoms with E-state index < -0.39 is 0 Å². The largest absolute Gasteiger partial charge is 0.320 e. The minimum Gasteiger partial charge on any atom is -0.320 e. The second-order valence-corrected chi connectivity index (χ2v) is 4.68. The van der Waals surface area contributed by atoms with Crippen molar-refractivity contribution in [2.24, 2.45) is 5.92 Å². The maximum atomic E-state index is 3.24. The molecule has 0 aliphatic rings. The first-order chi connectivity index (χ1) is 7.31. The molecule has 0 saturated carbocycles. The van der Waals surface area contributed by atoms with E-state index in [1.54, 1.807) is 0 Å². The summed E-state index contributed by atoms with van der Waals surface area (Å²) < 4.78 is 0. The van der Waals surface area contributed by atoms with Gasteiger partial charge in [0.25, 0.3) is 0 Å². The Morgan fingerprint density at radius 3 is 2.00 bits per heavy atom. The summed E-state index contributed by atoms with van der Waals surface area (Å²) >= 11 is 0. The Hall–Kier alpha value is -0.0800. The molecule has 0 heterocycles. The van der Waals surface area contributed by atoms with Crippen molar-refractivity contribution in [2.75, 3.05) is 27.2 Å². The molecule has 0 rings (SSSR count). The van der Waals surface area contributed by atoms with Crippen molar-refractivity contribution in [3.8, 4) is 0 Å². The molecular weight excluding hydrogens is 184 g/mol. The third-order valence-corrected chi connectivity index (χ3v) is 2.93. The molecule has 15 heavy (non-hydrogen) atoms. The Morgan fingerprint density at radius 2 is 1.40 bits per heavy atom. The molecule has 0 bridgehead atoms. The lowest BCUT2D eigenvalue weighted by atomic mass is 10.0. The van der Waals surface area contributed by atoms with Gasteiger partial charge >= 0.3 is 0 Å².